The number of nitrogens with one attached hydrogen (secondary N) is 1. The molecule has 1 amide bonds. The summed E-state index contributed by atoms with van der Waals surface area (Å²) in [4.78, 5) is 11.1. The Balaban J connectivity index is 1.96. The summed E-state index contributed by atoms with van der Waals surface area (Å²) in [7, 11) is 1.64. The molecule has 3 aromatic rings. The number of amides is 1. The van der Waals surface area contributed by atoms with Crippen molar-refractivity contribution in [3.05, 3.63) is 53.7 Å². The van der Waals surface area contributed by atoms with Crippen LogP contribution in [0.15, 0.2) is 45.4 Å². The predicted octanol–water partition coefficient (Wildman–Crippen LogP) is 3.30. The Morgan fingerprint density at radius 3 is 2.87 bits per heavy atom. The number of rotatable bonds is 6. The highest BCUT2D eigenvalue weighted by Gasteiger charge is 2.16. The summed E-state index contributed by atoms with van der Waals surface area (Å²) in [5.74, 6) is 2.44. The first kappa shape index (κ1) is 15.2. The highest BCUT2D eigenvalue weighted by molar-refractivity contribution is 5.84. The van der Waals surface area contributed by atoms with Crippen LogP contribution in [0.1, 0.15) is 24.0 Å². The lowest BCUT2D eigenvalue weighted by Gasteiger charge is -2.04. The van der Waals surface area contributed by atoms with Crippen LogP contribution >= 0.6 is 0 Å². The Morgan fingerprint density at radius 2 is 2.17 bits per heavy atom. The second-order valence-electron chi connectivity index (χ2n) is 5.35. The lowest BCUT2D eigenvalue weighted by molar-refractivity contribution is -0.118. The van der Waals surface area contributed by atoms with Gasteiger partial charge in [-0.1, -0.05) is 0 Å². The lowest BCUT2D eigenvalue weighted by Crippen LogP contribution is -2.22. The van der Waals surface area contributed by atoms with Gasteiger partial charge in [0, 0.05) is 24.4 Å². The average Bonchev–Trinajstić information content (AvgIpc) is 3.15. The normalized spacial score (nSPS) is 10.9. The molecular weight excluding hydrogens is 294 g/mol. The van der Waals surface area contributed by atoms with Crippen molar-refractivity contribution in [3.8, 4) is 5.75 Å². The molecule has 0 fully saturated rings. The molecule has 0 bridgehead atoms. The second kappa shape index (κ2) is 6.60. The minimum absolute atomic E-state index is 0.0389. The van der Waals surface area contributed by atoms with Crippen molar-refractivity contribution >= 4 is 16.9 Å². The van der Waals surface area contributed by atoms with Gasteiger partial charge in [0.25, 0.3) is 0 Å². The fraction of sp³-hybridized carbons (Fsp3) is 0.278. The van der Waals surface area contributed by atoms with Crippen LogP contribution in [-0.4, -0.2) is 19.6 Å². The van der Waals surface area contributed by atoms with Gasteiger partial charge in [0.1, 0.15) is 22.9 Å². The van der Waals surface area contributed by atoms with Gasteiger partial charge in [-0.3, -0.25) is 4.79 Å². The molecular formula is C18H19NO4. The van der Waals surface area contributed by atoms with Crippen LogP contribution in [0, 0.1) is 0 Å². The van der Waals surface area contributed by atoms with Gasteiger partial charge in [-0.05, 0) is 36.8 Å². The van der Waals surface area contributed by atoms with Crippen LogP contribution in [0.3, 0.4) is 0 Å². The van der Waals surface area contributed by atoms with Gasteiger partial charge >= 0.3 is 0 Å². The summed E-state index contributed by atoms with van der Waals surface area (Å²) < 4.78 is 16.7. The van der Waals surface area contributed by atoms with Gasteiger partial charge in [0.05, 0.1) is 19.8 Å². The van der Waals surface area contributed by atoms with Crippen molar-refractivity contribution in [1.29, 1.82) is 0 Å². The van der Waals surface area contributed by atoms with Crippen molar-refractivity contribution in [2.45, 2.75) is 19.8 Å². The van der Waals surface area contributed by atoms with Crippen LogP contribution in [0.2, 0.25) is 0 Å². The Hall–Kier alpha value is -2.69. The summed E-state index contributed by atoms with van der Waals surface area (Å²) in [6.45, 7) is 2.08. The molecule has 3 rings (SSSR count). The molecule has 5 nitrogen and oxygen atoms in total. The van der Waals surface area contributed by atoms with E-state index in [1.807, 2.05) is 30.3 Å². The molecule has 0 radical (unpaired) electrons. The zero-order valence-electron chi connectivity index (χ0n) is 13.2. The molecule has 0 saturated carbocycles. The molecule has 2 aromatic heterocycles. The topological polar surface area (TPSA) is 64.6 Å². The van der Waals surface area contributed by atoms with E-state index in [0.29, 0.717) is 19.4 Å². The van der Waals surface area contributed by atoms with Crippen LogP contribution in [0.4, 0.5) is 0 Å². The summed E-state index contributed by atoms with van der Waals surface area (Å²) >= 11 is 0. The van der Waals surface area contributed by atoms with E-state index in [1.54, 1.807) is 13.4 Å². The monoisotopic (exact) mass is 313 g/mol. The molecule has 0 atom stereocenters. The first-order chi connectivity index (χ1) is 11.2. The number of methoxy groups -OCH3 is 1. The molecule has 1 aromatic carbocycles. The van der Waals surface area contributed by atoms with Crippen molar-refractivity contribution < 1.29 is 18.4 Å². The maximum atomic E-state index is 11.1. The van der Waals surface area contributed by atoms with Gasteiger partial charge < -0.3 is 18.9 Å². The Morgan fingerprint density at radius 1 is 1.30 bits per heavy atom. The van der Waals surface area contributed by atoms with Gasteiger partial charge in [0.15, 0.2) is 0 Å². The van der Waals surface area contributed by atoms with E-state index in [1.165, 1.54) is 6.92 Å². The number of fused-ring (bicyclic) bond motifs is 1. The number of benzene rings is 1. The van der Waals surface area contributed by atoms with E-state index in [4.69, 9.17) is 13.6 Å². The molecule has 0 saturated heterocycles. The number of hydrogen-bond acceptors (Lipinski definition) is 4. The number of carbonyl (C=O) groups is 1. The van der Waals surface area contributed by atoms with E-state index in [-0.39, 0.29) is 5.91 Å². The minimum Gasteiger partial charge on any atom is -0.497 e. The van der Waals surface area contributed by atoms with Gasteiger partial charge in [-0.15, -0.1) is 0 Å². The molecule has 23 heavy (non-hydrogen) atoms. The molecule has 0 aliphatic carbocycles. The van der Waals surface area contributed by atoms with E-state index in [0.717, 1.165) is 33.8 Å². The third-order valence-corrected chi connectivity index (χ3v) is 3.75. The molecule has 0 unspecified atom stereocenters. The third kappa shape index (κ3) is 3.39. The molecule has 1 N–H and O–H groups in total. The summed E-state index contributed by atoms with van der Waals surface area (Å²) in [6.07, 6.45) is 2.92. The van der Waals surface area contributed by atoms with Gasteiger partial charge in [-0.25, -0.2) is 0 Å². The molecule has 5 heteroatoms. The quantitative estimate of drug-likeness (QED) is 0.758. The number of furan rings is 2. The smallest absolute Gasteiger partial charge is 0.216 e. The fourth-order valence-corrected chi connectivity index (χ4v) is 2.66. The predicted molar refractivity (Wildman–Crippen MR) is 86.7 cm³/mol. The largest absolute Gasteiger partial charge is 0.497 e. The lowest BCUT2D eigenvalue weighted by atomic mass is 10.0. The first-order valence-electron chi connectivity index (χ1n) is 7.52. The molecule has 120 valence electrons. The molecule has 0 aliphatic rings. The maximum Gasteiger partial charge on any atom is 0.216 e. The molecule has 0 aliphatic heterocycles. The number of ether oxygens (including phenoxy) is 1. The Kier molecular flexibility index (Phi) is 4.37. The van der Waals surface area contributed by atoms with Crippen LogP contribution in [-0.2, 0) is 17.6 Å². The highest BCUT2D eigenvalue weighted by atomic mass is 16.5. The first-order valence-corrected chi connectivity index (χ1v) is 7.52. The van der Waals surface area contributed by atoms with Crippen LogP contribution < -0.4 is 10.1 Å². The highest BCUT2D eigenvalue weighted by Crippen LogP contribution is 2.31. The van der Waals surface area contributed by atoms with Crippen molar-refractivity contribution in [2.24, 2.45) is 0 Å². The summed E-state index contributed by atoms with van der Waals surface area (Å²) in [5.41, 5.74) is 1.88. The number of hydrogen-bond donors (Lipinski definition) is 1. The SMILES string of the molecule is COc1ccc2oc(Cc3ccco3)c(CCNC(C)=O)c2c1. The summed E-state index contributed by atoms with van der Waals surface area (Å²) in [5, 5.41) is 3.84. The van der Waals surface area contributed by atoms with Crippen LogP contribution in [0.25, 0.3) is 11.0 Å². The zero-order valence-corrected chi connectivity index (χ0v) is 13.2. The maximum absolute atomic E-state index is 11.1. The Bertz CT molecular complexity index is 802. The van der Waals surface area contributed by atoms with Gasteiger partial charge in [0.2, 0.25) is 5.91 Å². The van der Waals surface area contributed by atoms with E-state index >= 15 is 0 Å². The number of carbonyl (C=O) groups excluding carboxylic acids is 1. The molecule has 0 spiro atoms. The van der Waals surface area contributed by atoms with Gasteiger partial charge in [-0.2, -0.15) is 0 Å². The van der Waals surface area contributed by atoms with E-state index in [2.05, 4.69) is 5.32 Å². The second-order valence-corrected chi connectivity index (χ2v) is 5.35. The van der Waals surface area contributed by atoms with Crippen molar-refractivity contribution in [1.82, 2.24) is 5.32 Å². The zero-order chi connectivity index (χ0) is 16.2. The van der Waals surface area contributed by atoms with Crippen molar-refractivity contribution in [3.63, 3.8) is 0 Å². The average molecular weight is 313 g/mol. The fourth-order valence-electron chi connectivity index (χ4n) is 2.66. The van der Waals surface area contributed by atoms with E-state index < -0.39 is 0 Å². The van der Waals surface area contributed by atoms with Crippen molar-refractivity contribution in [2.75, 3.05) is 13.7 Å². The third-order valence-electron chi connectivity index (χ3n) is 3.75. The van der Waals surface area contributed by atoms with E-state index in [9.17, 15) is 4.79 Å². The standard InChI is InChI=1S/C18H19NO4/c1-12(20)19-8-7-15-16-10-13(21-2)5-6-17(16)23-18(15)11-14-4-3-9-22-14/h3-6,9-10H,7-8,11H2,1-2H3,(H,19,20). The summed E-state index contributed by atoms with van der Waals surface area (Å²) in [6, 6.07) is 9.53. The Labute approximate surface area is 134 Å². The van der Waals surface area contributed by atoms with Crippen LogP contribution in [0.5, 0.6) is 5.75 Å². The minimum atomic E-state index is -0.0389. The molecule has 2 heterocycles.